The van der Waals surface area contributed by atoms with E-state index >= 15 is 0 Å². The van der Waals surface area contributed by atoms with Gasteiger partial charge in [0, 0.05) is 20.3 Å². The maximum atomic E-state index is 9.77. The summed E-state index contributed by atoms with van der Waals surface area (Å²) in [5.41, 5.74) is 1.16. The van der Waals surface area contributed by atoms with Crippen LogP contribution in [0.25, 0.3) is 0 Å². The van der Waals surface area contributed by atoms with Crippen LogP contribution in [0.2, 0.25) is 0 Å². The minimum Gasteiger partial charge on any atom is -0.491 e. The standard InChI is InChI=1S/C15H25NO3/c1-13-6-5-7-15(10-13)19-12-14(17)11-16-8-3-4-9-18-2/h5-7,10,14,16-17H,3-4,8-9,11-12H2,1-2H3. The highest BCUT2D eigenvalue weighted by molar-refractivity contribution is 5.27. The highest BCUT2D eigenvalue weighted by Gasteiger charge is 2.04. The number of aliphatic hydroxyl groups excluding tert-OH is 1. The highest BCUT2D eigenvalue weighted by Crippen LogP contribution is 2.12. The molecule has 0 aliphatic rings. The van der Waals surface area contributed by atoms with Crippen LogP contribution in [0.3, 0.4) is 0 Å². The Morgan fingerprint density at radius 1 is 1.32 bits per heavy atom. The van der Waals surface area contributed by atoms with Crippen LogP contribution in [-0.2, 0) is 4.74 Å². The molecule has 0 aliphatic heterocycles. The quantitative estimate of drug-likeness (QED) is 0.634. The van der Waals surface area contributed by atoms with Gasteiger partial charge in [0.2, 0.25) is 0 Å². The lowest BCUT2D eigenvalue weighted by Crippen LogP contribution is -2.32. The number of nitrogens with one attached hydrogen (secondary N) is 1. The first-order valence-electron chi connectivity index (χ1n) is 6.79. The number of unbranched alkanes of at least 4 members (excludes halogenated alkanes) is 1. The van der Waals surface area contributed by atoms with E-state index < -0.39 is 6.10 Å². The summed E-state index contributed by atoms with van der Waals surface area (Å²) in [7, 11) is 1.71. The Labute approximate surface area is 115 Å². The van der Waals surface area contributed by atoms with Crippen molar-refractivity contribution in [2.45, 2.75) is 25.9 Å². The molecule has 0 fully saturated rings. The van der Waals surface area contributed by atoms with E-state index in [-0.39, 0.29) is 0 Å². The van der Waals surface area contributed by atoms with Crippen LogP contribution in [-0.4, -0.2) is 44.6 Å². The molecule has 1 rings (SSSR count). The Balaban J connectivity index is 2.06. The highest BCUT2D eigenvalue weighted by atomic mass is 16.5. The fourth-order valence-corrected chi connectivity index (χ4v) is 1.72. The van der Waals surface area contributed by atoms with E-state index in [9.17, 15) is 5.11 Å². The molecule has 0 aliphatic carbocycles. The second-order valence-electron chi connectivity index (χ2n) is 4.69. The minimum atomic E-state index is -0.483. The molecule has 1 atom stereocenters. The Morgan fingerprint density at radius 2 is 2.16 bits per heavy atom. The lowest BCUT2D eigenvalue weighted by molar-refractivity contribution is 0.106. The summed E-state index contributed by atoms with van der Waals surface area (Å²) in [6.07, 6.45) is 1.61. The maximum Gasteiger partial charge on any atom is 0.119 e. The zero-order valence-corrected chi connectivity index (χ0v) is 11.9. The molecule has 2 N–H and O–H groups in total. The zero-order chi connectivity index (χ0) is 13.9. The van der Waals surface area contributed by atoms with Gasteiger partial charge in [-0.3, -0.25) is 0 Å². The smallest absolute Gasteiger partial charge is 0.119 e. The number of hydrogen-bond donors (Lipinski definition) is 2. The maximum absolute atomic E-state index is 9.77. The number of hydrogen-bond acceptors (Lipinski definition) is 4. The second kappa shape index (κ2) is 9.78. The topological polar surface area (TPSA) is 50.7 Å². The molecular weight excluding hydrogens is 242 g/mol. The predicted molar refractivity (Wildman–Crippen MR) is 76.7 cm³/mol. The molecule has 1 unspecified atom stereocenters. The molecule has 0 bridgehead atoms. The lowest BCUT2D eigenvalue weighted by Gasteiger charge is -2.13. The van der Waals surface area contributed by atoms with Gasteiger partial charge in [-0.2, -0.15) is 0 Å². The summed E-state index contributed by atoms with van der Waals surface area (Å²) < 4.78 is 10.5. The van der Waals surface area contributed by atoms with Crippen molar-refractivity contribution < 1.29 is 14.6 Å². The molecule has 19 heavy (non-hydrogen) atoms. The molecule has 0 amide bonds. The van der Waals surface area contributed by atoms with Crippen molar-refractivity contribution in [3.8, 4) is 5.75 Å². The second-order valence-corrected chi connectivity index (χ2v) is 4.69. The molecule has 1 aromatic carbocycles. The summed E-state index contributed by atoms with van der Waals surface area (Å²) in [6.45, 7) is 4.57. The molecule has 0 spiro atoms. The largest absolute Gasteiger partial charge is 0.491 e. The fraction of sp³-hybridized carbons (Fsp3) is 0.600. The van der Waals surface area contributed by atoms with Gasteiger partial charge < -0.3 is 19.9 Å². The normalized spacial score (nSPS) is 12.4. The zero-order valence-electron chi connectivity index (χ0n) is 11.9. The van der Waals surface area contributed by atoms with E-state index in [1.807, 2.05) is 31.2 Å². The van der Waals surface area contributed by atoms with E-state index in [0.29, 0.717) is 13.2 Å². The van der Waals surface area contributed by atoms with Crippen molar-refractivity contribution in [1.29, 1.82) is 0 Å². The molecule has 108 valence electrons. The van der Waals surface area contributed by atoms with Crippen LogP contribution in [0.1, 0.15) is 18.4 Å². The fourth-order valence-electron chi connectivity index (χ4n) is 1.72. The average molecular weight is 267 g/mol. The minimum absolute atomic E-state index is 0.314. The Kier molecular flexibility index (Phi) is 8.21. The first-order chi connectivity index (χ1) is 9.22. The lowest BCUT2D eigenvalue weighted by atomic mass is 10.2. The van der Waals surface area contributed by atoms with Crippen LogP contribution in [0.5, 0.6) is 5.75 Å². The van der Waals surface area contributed by atoms with Gasteiger partial charge in [-0.1, -0.05) is 12.1 Å². The molecule has 0 aromatic heterocycles. The van der Waals surface area contributed by atoms with Gasteiger partial charge in [0.05, 0.1) is 0 Å². The predicted octanol–water partition coefficient (Wildman–Crippen LogP) is 1.75. The summed E-state index contributed by atoms with van der Waals surface area (Å²) >= 11 is 0. The number of aryl methyl sites for hydroxylation is 1. The van der Waals surface area contributed by atoms with Crippen LogP contribution in [0.4, 0.5) is 0 Å². The Hall–Kier alpha value is -1.10. The summed E-state index contributed by atoms with van der Waals surface area (Å²) in [5, 5.41) is 13.0. The first kappa shape index (κ1) is 16.0. The van der Waals surface area contributed by atoms with Crippen molar-refractivity contribution in [2.24, 2.45) is 0 Å². The molecule has 0 saturated carbocycles. The van der Waals surface area contributed by atoms with E-state index in [0.717, 1.165) is 37.3 Å². The van der Waals surface area contributed by atoms with Gasteiger partial charge in [-0.25, -0.2) is 0 Å². The summed E-state index contributed by atoms with van der Waals surface area (Å²) in [6, 6.07) is 7.83. The number of aliphatic hydroxyl groups is 1. The van der Waals surface area contributed by atoms with Crippen LogP contribution >= 0.6 is 0 Å². The third-order valence-corrected chi connectivity index (χ3v) is 2.76. The number of rotatable bonds is 10. The van der Waals surface area contributed by atoms with E-state index in [1.54, 1.807) is 7.11 Å². The molecule has 0 heterocycles. The van der Waals surface area contributed by atoms with E-state index in [4.69, 9.17) is 9.47 Å². The third kappa shape index (κ3) is 7.82. The van der Waals surface area contributed by atoms with Gasteiger partial charge in [0.15, 0.2) is 0 Å². The van der Waals surface area contributed by atoms with E-state index in [1.165, 1.54) is 0 Å². The Bertz CT molecular complexity index is 344. The Morgan fingerprint density at radius 3 is 2.89 bits per heavy atom. The average Bonchev–Trinajstić information content (AvgIpc) is 2.40. The van der Waals surface area contributed by atoms with Crippen LogP contribution in [0, 0.1) is 6.92 Å². The number of benzene rings is 1. The monoisotopic (exact) mass is 267 g/mol. The van der Waals surface area contributed by atoms with E-state index in [2.05, 4.69) is 5.32 Å². The van der Waals surface area contributed by atoms with Crippen molar-refractivity contribution in [3.63, 3.8) is 0 Å². The molecule has 4 nitrogen and oxygen atoms in total. The summed E-state index contributed by atoms with van der Waals surface area (Å²) in [5.74, 6) is 0.805. The van der Waals surface area contributed by atoms with Gasteiger partial charge >= 0.3 is 0 Å². The molecule has 1 aromatic rings. The van der Waals surface area contributed by atoms with Crippen molar-refractivity contribution in [1.82, 2.24) is 5.32 Å². The van der Waals surface area contributed by atoms with Gasteiger partial charge in [-0.15, -0.1) is 0 Å². The van der Waals surface area contributed by atoms with Crippen molar-refractivity contribution >= 4 is 0 Å². The molecule has 0 radical (unpaired) electrons. The first-order valence-corrected chi connectivity index (χ1v) is 6.79. The van der Waals surface area contributed by atoms with Gasteiger partial charge in [0.25, 0.3) is 0 Å². The van der Waals surface area contributed by atoms with Crippen LogP contribution in [0.15, 0.2) is 24.3 Å². The van der Waals surface area contributed by atoms with Crippen molar-refractivity contribution in [2.75, 3.05) is 33.4 Å². The SMILES string of the molecule is COCCCCNCC(O)COc1cccc(C)c1. The third-order valence-electron chi connectivity index (χ3n) is 2.76. The molecule has 4 heteroatoms. The summed E-state index contributed by atoms with van der Waals surface area (Å²) in [4.78, 5) is 0. The van der Waals surface area contributed by atoms with Gasteiger partial charge in [-0.05, 0) is 44.0 Å². The number of methoxy groups -OCH3 is 1. The number of ether oxygens (including phenoxy) is 2. The van der Waals surface area contributed by atoms with Crippen LogP contribution < -0.4 is 10.1 Å². The van der Waals surface area contributed by atoms with Gasteiger partial charge in [0.1, 0.15) is 18.5 Å². The molecular formula is C15H25NO3. The molecule has 0 saturated heterocycles. The van der Waals surface area contributed by atoms with Crippen molar-refractivity contribution in [3.05, 3.63) is 29.8 Å².